The van der Waals surface area contributed by atoms with Gasteiger partial charge in [0, 0.05) is 44.3 Å². The number of nitrogens with one attached hydrogen (secondary N) is 1. The molecule has 0 radical (unpaired) electrons. The molecule has 1 N–H and O–H groups in total. The van der Waals surface area contributed by atoms with Crippen molar-refractivity contribution in [1.29, 1.82) is 0 Å². The zero-order chi connectivity index (χ0) is 23.8. The van der Waals surface area contributed by atoms with E-state index in [4.69, 9.17) is 10.1 Å². The zero-order valence-corrected chi connectivity index (χ0v) is 21.4. The number of imidazole rings is 1. The molecule has 1 aromatic carbocycles. The second-order valence-electron chi connectivity index (χ2n) is 9.80. The van der Waals surface area contributed by atoms with Gasteiger partial charge in [0.15, 0.2) is 5.82 Å². The summed E-state index contributed by atoms with van der Waals surface area (Å²) in [6.45, 7) is 15.5. The van der Waals surface area contributed by atoms with E-state index in [1.54, 1.807) is 0 Å². The van der Waals surface area contributed by atoms with Crippen LogP contribution in [0.15, 0.2) is 24.3 Å². The molecule has 1 fully saturated rings. The number of hydrogen-bond acceptors (Lipinski definition) is 7. The lowest BCUT2D eigenvalue weighted by Gasteiger charge is -2.34. The fraction of sp³-hybridized carbons (Fsp3) is 0.542. The van der Waals surface area contributed by atoms with Crippen LogP contribution in [0.4, 0.5) is 10.9 Å². The molecule has 1 aliphatic rings. The van der Waals surface area contributed by atoms with Crippen molar-refractivity contribution in [2.45, 2.75) is 40.2 Å². The van der Waals surface area contributed by atoms with Gasteiger partial charge >= 0.3 is 0 Å². The Morgan fingerprint density at radius 3 is 2.42 bits per heavy atom. The fourth-order valence-corrected chi connectivity index (χ4v) is 4.82. The van der Waals surface area contributed by atoms with Gasteiger partial charge < -0.3 is 20.0 Å². The number of aromatic nitrogens is 3. The maximum absolute atomic E-state index is 12.9. The van der Waals surface area contributed by atoms with E-state index < -0.39 is 0 Å². The van der Waals surface area contributed by atoms with Gasteiger partial charge in [0.05, 0.1) is 6.54 Å². The molecule has 178 valence electrons. The van der Waals surface area contributed by atoms with Gasteiger partial charge in [-0.05, 0) is 34.2 Å². The number of aryl methyl sites for hydroxylation is 1. The van der Waals surface area contributed by atoms with Crippen LogP contribution in [0.5, 0.6) is 0 Å². The summed E-state index contributed by atoms with van der Waals surface area (Å²) in [5, 5.41) is 9.21. The summed E-state index contributed by atoms with van der Waals surface area (Å²) in [6, 6.07) is 8.39. The van der Waals surface area contributed by atoms with Crippen molar-refractivity contribution < 1.29 is 4.79 Å². The summed E-state index contributed by atoms with van der Waals surface area (Å²) >= 11 is 1.50. The Kier molecular flexibility index (Phi) is 6.63. The molecule has 3 heterocycles. The van der Waals surface area contributed by atoms with Gasteiger partial charge in [-0.15, -0.1) is 5.10 Å². The second-order valence-corrected chi connectivity index (χ2v) is 10.7. The third kappa shape index (κ3) is 5.30. The number of amides is 1. The first-order valence-corrected chi connectivity index (χ1v) is 12.4. The SMILES string of the molecule is CCN1CCN(C(=O)CN(C)c2nn3c(NC(C)(C)C)c(-c4ccc(C)cc4)nc3s2)CC1. The van der Waals surface area contributed by atoms with E-state index >= 15 is 0 Å². The lowest BCUT2D eigenvalue weighted by Crippen LogP contribution is -2.50. The van der Waals surface area contributed by atoms with Gasteiger partial charge in [0.1, 0.15) is 5.69 Å². The van der Waals surface area contributed by atoms with Crippen molar-refractivity contribution in [3.05, 3.63) is 29.8 Å². The molecule has 1 amide bonds. The molecule has 2 aromatic heterocycles. The van der Waals surface area contributed by atoms with Crippen molar-refractivity contribution in [2.75, 3.05) is 56.5 Å². The van der Waals surface area contributed by atoms with Crippen LogP contribution in [0, 0.1) is 6.92 Å². The number of carbonyl (C=O) groups excluding carboxylic acids is 1. The lowest BCUT2D eigenvalue weighted by molar-refractivity contribution is -0.131. The molecule has 0 atom stereocenters. The minimum Gasteiger partial charge on any atom is -0.364 e. The number of rotatable bonds is 6. The minimum atomic E-state index is -0.151. The molecule has 0 unspecified atom stereocenters. The largest absolute Gasteiger partial charge is 0.364 e. The number of hydrogen-bond donors (Lipinski definition) is 1. The highest BCUT2D eigenvalue weighted by atomic mass is 32.1. The Balaban J connectivity index is 1.57. The molecule has 0 spiro atoms. The first-order chi connectivity index (χ1) is 15.6. The topological polar surface area (TPSA) is 69.0 Å². The Hall–Kier alpha value is -2.65. The quantitative estimate of drug-likeness (QED) is 0.595. The zero-order valence-electron chi connectivity index (χ0n) is 20.6. The third-order valence-electron chi connectivity index (χ3n) is 5.88. The van der Waals surface area contributed by atoms with Crippen LogP contribution in [-0.4, -0.2) is 82.2 Å². The Morgan fingerprint density at radius 2 is 1.82 bits per heavy atom. The fourth-order valence-electron chi connectivity index (χ4n) is 3.96. The van der Waals surface area contributed by atoms with Crippen molar-refractivity contribution in [1.82, 2.24) is 24.4 Å². The van der Waals surface area contributed by atoms with E-state index in [0.29, 0.717) is 6.54 Å². The highest BCUT2D eigenvalue weighted by molar-refractivity contribution is 7.20. The van der Waals surface area contributed by atoms with Gasteiger partial charge in [-0.25, -0.2) is 4.98 Å². The predicted octanol–water partition coefficient (Wildman–Crippen LogP) is 3.58. The molecular weight excluding hydrogens is 434 g/mol. The van der Waals surface area contributed by atoms with Crippen LogP contribution in [0.3, 0.4) is 0 Å². The summed E-state index contributed by atoms with van der Waals surface area (Å²) in [5.41, 5.74) is 3.01. The van der Waals surface area contributed by atoms with E-state index in [1.165, 1.54) is 16.9 Å². The van der Waals surface area contributed by atoms with Crippen LogP contribution in [-0.2, 0) is 4.79 Å². The van der Waals surface area contributed by atoms with E-state index in [-0.39, 0.29) is 11.4 Å². The average molecular weight is 470 g/mol. The maximum Gasteiger partial charge on any atom is 0.242 e. The number of fused-ring (bicyclic) bond motifs is 1. The highest BCUT2D eigenvalue weighted by Crippen LogP contribution is 2.34. The Bertz CT molecular complexity index is 1100. The molecule has 3 aromatic rings. The normalized spacial score (nSPS) is 15.3. The number of piperazine rings is 1. The predicted molar refractivity (Wildman–Crippen MR) is 136 cm³/mol. The second kappa shape index (κ2) is 9.30. The molecule has 33 heavy (non-hydrogen) atoms. The van der Waals surface area contributed by atoms with E-state index in [1.807, 2.05) is 21.4 Å². The monoisotopic (exact) mass is 469 g/mol. The molecule has 9 heteroatoms. The van der Waals surface area contributed by atoms with Gasteiger partial charge in [-0.1, -0.05) is 48.1 Å². The van der Waals surface area contributed by atoms with Crippen molar-refractivity contribution in [3.8, 4) is 11.3 Å². The van der Waals surface area contributed by atoms with Crippen LogP contribution in [0.2, 0.25) is 0 Å². The molecular formula is C24H35N7OS. The standard InChI is InChI=1S/C24H35N7OS/c1-7-29-12-14-30(15-13-29)19(32)16-28(6)23-27-31-21(26-24(3,4)5)20(25-22(31)33-23)18-10-8-17(2)9-11-18/h8-11,26H,7,12-16H2,1-6H3. The van der Waals surface area contributed by atoms with E-state index in [2.05, 4.69) is 69.1 Å². The van der Waals surface area contributed by atoms with Crippen LogP contribution in [0.25, 0.3) is 16.2 Å². The Morgan fingerprint density at radius 1 is 1.15 bits per heavy atom. The summed E-state index contributed by atoms with van der Waals surface area (Å²) < 4.78 is 1.88. The number of likely N-dealkylation sites (N-methyl/N-ethyl adjacent to an activating group) is 2. The van der Waals surface area contributed by atoms with E-state index in [0.717, 1.165) is 59.9 Å². The highest BCUT2D eigenvalue weighted by Gasteiger charge is 2.25. The van der Waals surface area contributed by atoms with Gasteiger partial charge in [-0.3, -0.25) is 4.79 Å². The lowest BCUT2D eigenvalue weighted by atomic mass is 10.1. The van der Waals surface area contributed by atoms with Gasteiger partial charge in [0.2, 0.25) is 16.0 Å². The van der Waals surface area contributed by atoms with Crippen LogP contribution in [0.1, 0.15) is 33.3 Å². The van der Waals surface area contributed by atoms with Crippen LogP contribution < -0.4 is 10.2 Å². The first kappa shape index (κ1) is 23.5. The summed E-state index contributed by atoms with van der Waals surface area (Å²) in [4.78, 5) is 24.8. The summed E-state index contributed by atoms with van der Waals surface area (Å²) in [7, 11) is 1.93. The van der Waals surface area contributed by atoms with Crippen LogP contribution >= 0.6 is 11.3 Å². The summed E-state index contributed by atoms with van der Waals surface area (Å²) in [5.74, 6) is 1.02. The molecule has 0 bridgehead atoms. The molecule has 4 rings (SSSR count). The van der Waals surface area contributed by atoms with Gasteiger partial charge in [0.25, 0.3) is 0 Å². The maximum atomic E-state index is 12.9. The third-order valence-corrected chi connectivity index (χ3v) is 6.91. The van der Waals surface area contributed by atoms with Crippen molar-refractivity contribution >= 4 is 33.2 Å². The van der Waals surface area contributed by atoms with Crippen molar-refractivity contribution in [3.63, 3.8) is 0 Å². The molecule has 1 saturated heterocycles. The number of benzene rings is 1. The number of anilines is 2. The molecule has 1 aliphatic heterocycles. The summed E-state index contributed by atoms with van der Waals surface area (Å²) in [6.07, 6.45) is 0. The van der Waals surface area contributed by atoms with Gasteiger partial charge in [-0.2, -0.15) is 4.52 Å². The smallest absolute Gasteiger partial charge is 0.242 e. The van der Waals surface area contributed by atoms with Crippen molar-refractivity contribution in [2.24, 2.45) is 0 Å². The van der Waals surface area contributed by atoms with E-state index in [9.17, 15) is 4.79 Å². The number of carbonyl (C=O) groups is 1. The minimum absolute atomic E-state index is 0.148. The molecule has 0 saturated carbocycles. The number of nitrogens with zero attached hydrogens (tertiary/aromatic N) is 6. The molecule has 0 aliphatic carbocycles. The first-order valence-electron chi connectivity index (χ1n) is 11.6. The average Bonchev–Trinajstić information content (AvgIpc) is 3.33. The molecule has 8 nitrogen and oxygen atoms in total. The Labute approximate surface area is 200 Å².